The van der Waals surface area contributed by atoms with Crippen molar-refractivity contribution in [3.8, 4) is 0 Å². The number of hydrogen-bond donors (Lipinski definition) is 0. The van der Waals surface area contributed by atoms with Gasteiger partial charge < -0.3 is 0 Å². The van der Waals surface area contributed by atoms with E-state index in [4.69, 9.17) is 0 Å². The molecule has 0 unspecified atom stereocenters. The Hall–Kier alpha value is 2.94. The monoisotopic (exact) mass is 808 g/mol. The predicted octanol–water partition coefficient (Wildman–Crippen LogP) is 4.11. The summed E-state index contributed by atoms with van der Waals surface area (Å²) in [6.07, 6.45) is 0. The molecule has 0 aromatic rings. The number of rotatable bonds is 0. The third-order valence-corrected chi connectivity index (χ3v) is 35.5. The normalized spacial score (nSPS) is 23.2. The Labute approximate surface area is 239 Å². The van der Waals surface area contributed by atoms with Gasteiger partial charge in [0.05, 0.1) is 0 Å². The van der Waals surface area contributed by atoms with Gasteiger partial charge in [0.1, 0.15) is 0 Å². The van der Waals surface area contributed by atoms with Crippen molar-refractivity contribution in [1.29, 1.82) is 0 Å². The third kappa shape index (κ3) is 7.98. The van der Waals surface area contributed by atoms with E-state index in [-0.39, 0.29) is 79.1 Å². The van der Waals surface area contributed by atoms with Crippen molar-refractivity contribution >= 4 is 95.9 Å². The van der Waals surface area contributed by atoms with Gasteiger partial charge in [0.2, 0.25) is 0 Å². The number of hydrogen-bond acceptors (Lipinski definition) is 4. The van der Waals surface area contributed by atoms with E-state index in [0.29, 0.717) is 22.2 Å². The molecular weight excluding hydrogens is 753 g/mol. The fourth-order valence-electron chi connectivity index (χ4n) is 4.68. The predicted molar refractivity (Wildman–Crippen MR) is 144 cm³/mol. The van der Waals surface area contributed by atoms with Crippen molar-refractivity contribution in [2.24, 2.45) is 0 Å². The Morgan fingerprint density at radius 2 is 0.533 bits per heavy atom. The summed E-state index contributed by atoms with van der Waals surface area (Å²) in [4.78, 5) is 0. The summed E-state index contributed by atoms with van der Waals surface area (Å²) >= 11 is -0.0432. The summed E-state index contributed by atoms with van der Waals surface area (Å²) in [7, 11) is -2.52. The van der Waals surface area contributed by atoms with E-state index < -0.39 is 16.8 Å². The van der Waals surface area contributed by atoms with Gasteiger partial charge in [-0.2, -0.15) is 0 Å². The van der Waals surface area contributed by atoms with Gasteiger partial charge in [-0.1, -0.05) is 0 Å². The minimum Gasteiger partial charge on any atom is 0 e. The van der Waals surface area contributed by atoms with E-state index in [1.807, 2.05) is 0 Å². The average Bonchev–Trinajstić information content (AvgIpc) is 2.29. The van der Waals surface area contributed by atoms with Gasteiger partial charge in [-0.05, 0) is 0 Å². The summed E-state index contributed by atoms with van der Waals surface area (Å²) < 4.78 is 11.2. The molecule has 2 heterocycles. The summed E-state index contributed by atoms with van der Waals surface area (Å²) in [6.45, 7) is 38.2. The van der Waals surface area contributed by atoms with Crippen LogP contribution in [0, 0.1) is 0 Å². The molecule has 0 N–H and O–H groups in total. The van der Waals surface area contributed by atoms with Crippen molar-refractivity contribution in [3.63, 3.8) is 0 Å². The average molecular weight is 801 g/mol. The van der Waals surface area contributed by atoms with E-state index in [2.05, 4.69) is 123 Å². The molecule has 0 atom stereocenters. The second-order valence-electron chi connectivity index (χ2n) is 13.2. The van der Waals surface area contributed by atoms with Gasteiger partial charge in [0, 0.05) is 47.3 Å². The molecule has 30 heavy (non-hydrogen) atoms. The summed E-state index contributed by atoms with van der Waals surface area (Å²) in [5.41, 5.74) is 1.55. The fourth-order valence-corrected chi connectivity index (χ4v) is 24.3. The zero-order valence-electron chi connectivity index (χ0n) is 22.6. The Balaban J connectivity index is 0. The first-order chi connectivity index (χ1) is 11.9. The van der Waals surface area contributed by atoms with Crippen LogP contribution in [0.3, 0.4) is 0 Å². The van der Waals surface area contributed by atoms with Crippen LogP contribution in [0.1, 0.15) is 83.1 Å². The molecular formula is C20H48Ge2N4Si2Te2. The van der Waals surface area contributed by atoms with Gasteiger partial charge >= 0.3 is 194 Å². The molecule has 2 aliphatic rings. The van der Waals surface area contributed by atoms with E-state index in [1.165, 1.54) is 0 Å². The zero-order chi connectivity index (χ0) is 22.7. The van der Waals surface area contributed by atoms with Crippen LogP contribution in [0.25, 0.3) is 0 Å². The fraction of sp³-hybridized carbons (Fsp3) is 1.00. The zero-order valence-corrected chi connectivity index (χ0v) is 33.5. The molecule has 0 bridgehead atoms. The van der Waals surface area contributed by atoms with Crippen LogP contribution in [0.4, 0.5) is 0 Å². The standard InChI is InChI=1S/2C10H24GeN2Si.2Te/c2*1-9(2,3)12-11-13(10(4,5)6)14(12,7)8;;/h2*1-8H3;;. The molecule has 2 saturated heterocycles. The maximum atomic E-state index is 2.81. The van der Waals surface area contributed by atoms with E-state index in [1.54, 1.807) is 0 Å². The van der Waals surface area contributed by atoms with Crippen molar-refractivity contribution in [2.75, 3.05) is 0 Å². The summed E-state index contributed by atoms with van der Waals surface area (Å²) in [5.74, 6) is 0. The van der Waals surface area contributed by atoms with Crippen LogP contribution >= 0.6 is 0 Å². The van der Waals surface area contributed by atoms with Gasteiger partial charge in [0.25, 0.3) is 0 Å². The molecule has 0 spiro atoms. The van der Waals surface area contributed by atoms with Gasteiger partial charge in [-0.15, -0.1) is 0 Å². The molecule has 176 valence electrons. The molecule has 0 aromatic carbocycles. The molecule has 0 aliphatic carbocycles. The molecule has 0 amide bonds. The van der Waals surface area contributed by atoms with Gasteiger partial charge in [0.15, 0.2) is 0 Å². The van der Waals surface area contributed by atoms with Crippen LogP contribution < -0.4 is 0 Å². The Morgan fingerprint density at radius 1 is 0.400 bits per heavy atom. The molecule has 2 rings (SSSR count). The van der Waals surface area contributed by atoms with Crippen molar-refractivity contribution < 1.29 is 0 Å². The molecule has 0 saturated carbocycles. The van der Waals surface area contributed by atoms with E-state index in [0.717, 1.165) is 0 Å². The molecule has 8 radical (unpaired) electrons. The van der Waals surface area contributed by atoms with E-state index in [9.17, 15) is 0 Å². The topological polar surface area (TPSA) is 13.0 Å². The smallest absolute Gasteiger partial charge is 0 e. The Morgan fingerprint density at radius 3 is 0.600 bits per heavy atom. The van der Waals surface area contributed by atoms with Crippen LogP contribution in [-0.4, -0.2) is 132 Å². The summed E-state index contributed by atoms with van der Waals surface area (Å²) in [6, 6.07) is 0. The first kappa shape index (κ1) is 35.1. The minimum absolute atomic E-state index is 0. The molecule has 2 aliphatic heterocycles. The SMILES string of the molecule is CC(C)(C)[N]1[Ge][N](C(C)(C)C)[Si]1(C)C.CC(C)(C)[N]1[Ge][N](C(C)(C)C)[Si]1(C)C.[Te].[Te]. The molecule has 2 fully saturated rings. The molecule has 10 heteroatoms. The van der Waals surface area contributed by atoms with Crippen molar-refractivity contribution in [3.05, 3.63) is 0 Å². The van der Waals surface area contributed by atoms with Crippen LogP contribution in [0.5, 0.6) is 0 Å². The van der Waals surface area contributed by atoms with E-state index >= 15 is 0 Å². The largest absolute Gasteiger partial charge is 0 e. The second-order valence-corrected chi connectivity index (χ2v) is 29.3. The summed E-state index contributed by atoms with van der Waals surface area (Å²) in [5, 5.41) is 0. The van der Waals surface area contributed by atoms with Crippen LogP contribution in [0.15, 0.2) is 0 Å². The van der Waals surface area contributed by atoms with Crippen LogP contribution in [-0.2, 0) is 0 Å². The Bertz CT molecular complexity index is 471. The van der Waals surface area contributed by atoms with Crippen molar-refractivity contribution in [1.82, 2.24) is 14.1 Å². The van der Waals surface area contributed by atoms with Crippen LogP contribution in [0.2, 0.25) is 26.2 Å². The first-order valence-corrected chi connectivity index (χ1v) is 20.2. The number of nitrogens with zero attached hydrogens (tertiary/aromatic N) is 4. The third-order valence-electron chi connectivity index (χ3n) is 5.27. The maximum Gasteiger partial charge on any atom is 0 e. The van der Waals surface area contributed by atoms with Gasteiger partial charge in [-0.3, -0.25) is 0 Å². The van der Waals surface area contributed by atoms with Crippen molar-refractivity contribution in [2.45, 2.75) is 131 Å². The molecule has 0 aromatic heterocycles. The maximum absolute atomic E-state index is 2.81. The second kappa shape index (κ2) is 10.9. The quantitative estimate of drug-likeness (QED) is 0.343. The van der Waals surface area contributed by atoms with Gasteiger partial charge in [-0.25, -0.2) is 0 Å². The minimum atomic E-state index is -1.26. The molecule has 4 nitrogen and oxygen atoms in total. The first-order valence-electron chi connectivity index (χ1n) is 10.7. The Kier molecular flexibility index (Phi) is 12.8.